The minimum atomic E-state index is 0.854. The highest BCUT2D eigenvalue weighted by Gasteiger charge is 2.03. The predicted molar refractivity (Wildman–Crippen MR) is 168 cm³/mol. The van der Waals surface area contributed by atoms with Gasteiger partial charge >= 0.3 is 0 Å². The van der Waals surface area contributed by atoms with Gasteiger partial charge in [0.25, 0.3) is 0 Å². The summed E-state index contributed by atoms with van der Waals surface area (Å²) in [6.45, 7) is 6.98. The summed E-state index contributed by atoms with van der Waals surface area (Å²) >= 11 is 0. The Balaban J connectivity index is 1.51. The lowest BCUT2D eigenvalue weighted by Crippen LogP contribution is -1.94. The number of nitrogens with zero attached hydrogens (tertiary/aromatic N) is 2. The van der Waals surface area contributed by atoms with Gasteiger partial charge in [-0.3, -0.25) is 0 Å². The molecule has 1 aromatic carbocycles. The van der Waals surface area contributed by atoms with Crippen molar-refractivity contribution < 1.29 is 0 Å². The second kappa shape index (κ2) is 22.2. The molecule has 0 saturated heterocycles. The van der Waals surface area contributed by atoms with Crippen LogP contribution in [0.15, 0.2) is 36.7 Å². The van der Waals surface area contributed by atoms with Gasteiger partial charge in [-0.2, -0.15) is 0 Å². The molecule has 0 amide bonds. The van der Waals surface area contributed by atoms with E-state index in [0.29, 0.717) is 0 Å². The van der Waals surface area contributed by atoms with Crippen molar-refractivity contribution in [1.82, 2.24) is 9.97 Å². The van der Waals surface area contributed by atoms with Gasteiger partial charge in [0.05, 0.1) is 0 Å². The number of aromatic nitrogens is 2. The van der Waals surface area contributed by atoms with Gasteiger partial charge in [-0.15, -0.1) is 0 Å². The van der Waals surface area contributed by atoms with Gasteiger partial charge in [-0.05, 0) is 42.7 Å². The standard InChI is InChI=1S/C36H60N2/c1-4-6-7-8-9-10-11-12-13-14-18-21-24-33-26-28-35(29-27-33)36-37-30-34(31-38-36)25-22-19-16-15-17-20-23-32(3)5-2/h26-32H,4-25H2,1-3H3. The van der Waals surface area contributed by atoms with Gasteiger partial charge in [0.15, 0.2) is 5.82 Å². The number of benzene rings is 1. The normalized spacial score (nSPS) is 12.2. The smallest absolute Gasteiger partial charge is 0.159 e. The van der Waals surface area contributed by atoms with E-state index < -0.39 is 0 Å². The van der Waals surface area contributed by atoms with E-state index in [4.69, 9.17) is 0 Å². The molecule has 0 saturated carbocycles. The second-order valence-electron chi connectivity index (χ2n) is 11.9. The summed E-state index contributed by atoms with van der Waals surface area (Å²) in [6, 6.07) is 8.94. The maximum atomic E-state index is 4.67. The van der Waals surface area contributed by atoms with Crippen LogP contribution in [0.1, 0.15) is 160 Å². The molecule has 0 aliphatic carbocycles. The quantitative estimate of drug-likeness (QED) is 0.129. The van der Waals surface area contributed by atoms with Gasteiger partial charge < -0.3 is 0 Å². The van der Waals surface area contributed by atoms with Gasteiger partial charge in [-0.25, -0.2) is 9.97 Å². The van der Waals surface area contributed by atoms with Crippen molar-refractivity contribution in [2.45, 2.75) is 162 Å². The lowest BCUT2D eigenvalue weighted by atomic mass is 9.99. The first-order valence-electron chi connectivity index (χ1n) is 16.6. The number of unbranched alkanes of at least 4 members (excludes halogenated alkanes) is 16. The van der Waals surface area contributed by atoms with E-state index in [1.54, 1.807) is 0 Å². The largest absolute Gasteiger partial charge is 0.236 e. The van der Waals surface area contributed by atoms with E-state index in [1.807, 2.05) is 12.4 Å². The zero-order chi connectivity index (χ0) is 27.1. The zero-order valence-corrected chi connectivity index (χ0v) is 25.5. The maximum Gasteiger partial charge on any atom is 0.159 e. The zero-order valence-electron chi connectivity index (χ0n) is 25.5. The Morgan fingerprint density at radius 3 is 1.47 bits per heavy atom. The van der Waals surface area contributed by atoms with Crippen LogP contribution in [0.2, 0.25) is 0 Å². The van der Waals surface area contributed by atoms with Crippen molar-refractivity contribution in [1.29, 1.82) is 0 Å². The Bertz CT molecular complexity index is 780. The molecule has 2 nitrogen and oxygen atoms in total. The molecule has 0 radical (unpaired) electrons. The molecule has 1 heterocycles. The number of hydrogen-bond donors (Lipinski definition) is 0. The molecular weight excluding hydrogens is 460 g/mol. The Morgan fingerprint density at radius 1 is 0.526 bits per heavy atom. The fourth-order valence-corrected chi connectivity index (χ4v) is 5.36. The first-order chi connectivity index (χ1) is 18.7. The summed E-state index contributed by atoms with van der Waals surface area (Å²) < 4.78 is 0. The first kappa shape index (κ1) is 32.5. The molecule has 2 aromatic rings. The van der Waals surface area contributed by atoms with Crippen molar-refractivity contribution in [2.24, 2.45) is 5.92 Å². The Hall–Kier alpha value is -1.70. The van der Waals surface area contributed by atoms with E-state index in [2.05, 4.69) is 55.0 Å². The van der Waals surface area contributed by atoms with E-state index in [0.717, 1.165) is 23.7 Å². The summed E-state index contributed by atoms with van der Waals surface area (Å²) in [5.74, 6) is 1.76. The van der Waals surface area contributed by atoms with Crippen molar-refractivity contribution in [3.05, 3.63) is 47.8 Å². The van der Waals surface area contributed by atoms with Crippen molar-refractivity contribution >= 4 is 0 Å². The molecule has 0 N–H and O–H groups in total. The number of aryl methyl sites for hydroxylation is 2. The van der Waals surface area contributed by atoms with Gasteiger partial charge in [0, 0.05) is 18.0 Å². The molecule has 2 rings (SSSR count). The molecular formula is C36H60N2. The van der Waals surface area contributed by atoms with E-state index in [1.165, 1.54) is 146 Å². The Kier molecular flexibility index (Phi) is 19.0. The highest BCUT2D eigenvalue weighted by atomic mass is 14.9. The second-order valence-corrected chi connectivity index (χ2v) is 11.9. The van der Waals surface area contributed by atoms with Gasteiger partial charge in [0.2, 0.25) is 0 Å². The fourth-order valence-electron chi connectivity index (χ4n) is 5.36. The van der Waals surface area contributed by atoms with Crippen LogP contribution in [0, 0.1) is 5.92 Å². The summed E-state index contributed by atoms with van der Waals surface area (Å²) in [5.41, 5.74) is 3.85. The van der Waals surface area contributed by atoms with Crippen molar-refractivity contribution in [3.8, 4) is 11.4 Å². The van der Waals surface area contributed by atoms with E-state index in [9.17, 15) is 0 Å². The molecule has 2 heteroatoms. The topological polar surface area (TPSA) is 25.8 Å². The van der Waals surface area contributed by atoms with Crippen molar-refractivity contribution in [3.63, 3.8) is 0 Å². The molecule has 1 aromatic heterocycles. The highest BCUT2D eigenvalue weighted by molar-refractivity contribution is 5.55. The SMILES string of the molecule is CCCCCCCCCCCCCCc1ccc(-c2ncc(CCCCCCCCC(C)CC)cn2)cc1. The number of hydrogen-bond acceptors (Lipinski definition) is 2. The average Bonchev–Trinajstić information content (AvgIpc) is 2.95. The number of rotatable bonds is 24. The first-order valence-corrected chi connectivity index (χ1v) is 16.6. The van der Waals surface area contributed by atoms with Crippen LogP contribution in [0.4, 0.5) is 0 Å². The third-order valence-corrected chi connectivity index (χ3v) is 8.35. The van der Waals surface area contributed by atoms with Crippen LogP contribution in [0.25, 0.3) is 11.4 Å². The predicted octanol–water partition coefficient (Wildman–Crippen LogP) is 11.7. The fraction of sp³-hybridized carbons (Fsp3) is 0.722. The molecule has 214 valence electrons. The summed E-state index contributed by atoms with van der Waals surface area (Å²) in [7, 11) is 0. The molecule has 0 bridgehead atoms. The lowest BCUT2D eigenvalue weighted by Gasteiger charge is -2.07. The molecule has 0 spiro atoms. The minimum Gasteiger partial charge on any atom is -0.236 e. The van der Waals surface area contributed by atoms with Crippen LogP contribution in [-0.4, -0.2) is 9.97 Å². The molecule has 38 heavy (non-hydrogen) atoms. The molecule has 1 atom stereocenters. The Morgan fingerprint density at radius 2 is 0.974 bits per heavy atom. The van der Waals surface area contributed by atoms with Crippen LogP contribution in [0.3, 0.4) is 0 Å². The third kappa shape index (κ3) is 15.6. The van der Waals surface area contributed by atoms with Gasteiger partial charge in [0.1, 0.15) is 0 Å². The highest BCUT2D eigenvalue weighted by Crippen LogP contribution is 2.19. The van der Waals surface area contributed by atoms with Crippen LogP contribution in [-0.2, 0) is 12.8 Å². The summed E-state index contributed by atoms with van der Waals surface area (Å²) in [5, 5.41) is 0. The van der Waals surface area contributed by atoms with Gasteiger partial charge in [-0.1, -0.05) is 161 Å². The third-order valence-electron chi connectivity index (χ3n) is 8.35. The average molecular weight is 521 g/mol. The molecule has 0 fully saturated rings. The van der Waals surface area contributed by atoms with Crippen molar-refractivity contribution in [2.75, 3.05) is 0 Å². The Labute approximate surface area is 236 Å². The molecule has 1 unspecified atom stereocenters. The molecule has 0 aliphatic heterocycles. The van der Waals surface area contributed by atoms with Crippen LogP contribution < -0.4 is 0 Å². The van der Waals surface area contributed by atoms with Crippen LogP contribution in [0.5, 0.6) is 0 Å². The lowest BCUT2D eigenvalue weighted by molar-refractivity contribution is 0.471. The minimum absolute atomic E-state index is 0.854. The molecule has 0 aliphatic rings. The van der Waals surface area contributed by atoms with E-state index >= 15 is 0 Å². The summed E-state index contributed by atoms with van der Waals surface area (Å²) in [4.78, 5) is 9.33. The van der Waals surface area contributed by atoms with E-state index in [-0.39, 0.29) is 0 Å². The monoisotopic (exact) mass is 520 g/mol. The summed E-state index contributed by atoms with van der Waals surface area (Å²) in [6.07, 6.45) is 34.1. The maximum absolute atomic E-state index is 4.67. The van der Waals surface area contributed by atoms with Crippen LogP contribution >= 0.6 is 0 Å².